The lowest BCUT2D eigenvalue weighted by Gasteiger charge is -2.36. The summed E-state index contributed by atoms with van der Waals surface area (Å²) >= 11 is 6.36. The van der Waals surface area contributed by atoms with E-state index in [-0.39, 0.29) is 34.6 Å². The highest BCUT2D eigenvalue weighted by atomic mass is 35.5. The molecule has 4 rings (SSSR count). The Morgan fingerprint density at radius 1 is 1.29 bits per heavy atom. The van der Waals surface area contributed by atoms with Crippen LogP contribution in [-0.2, 0) is 4.74 Å². The molecule has 1 saturated heterocycles. The molecular weight excluding hydrogens is 473 g/mol. The maximum absolute atomic E-state index is 15.5. The molecule has 0 aliphatic carbocycles. The predicted molar refractivity (Wildman–Crippen MR) is 133 cm³/mol. The van der Waals surface area contributed by atoms with Gasteiger partial charge in [-0.05, 0) is 40.7 Å². The molecule has 188 valence electrons. The van der Waals surface area contributed by atoms with Gasteiger partial charge in [0.25, 0.3) is 5.91 Å². The fourth-order valence-corrected chi connectivity index (χ4v) is 4.93. The Bertz CT molecular complexity index is 1270. The quantitative estimate of drug-likeness (QED) is 0.546. The summed E-state index contributed by atoms with van der Waals surface area (Å²) in [6.45, 7) is 11.9. The van der Waals surface area contributed by atoms with Crippen LogP contribution in [0.2, 0.25) is 5.02 Å². The number of fused-ring (bicyclic) bond motifs is 1. The molecule has 8 nitrogen and oxygen atoms in total. The van der Waals surface area contributed by atoms with Gasteiger partial charge >= 0.3 is 0 Å². The smallest absolute Gasteiger partial charge is 0.260 e. The predicted octanol–water partition coefficient (Wildman–Crippen LogP) is 4.60. The minimum atomic E-state index is -0.798. The highest BCUT2D eigenvalue weighted by Gasteiger charge is 2.34. The molecule has 0 bridgehead atoms. The number of morpholine rings is 1. The molecule has 0 spiro atoms. The molecule has 35 heavy (non-hydrogen) atoms. The van der Waals surface area contributed by atoms with Gasteiger partial charge in [0, 0.05) is 37.0 Å². The number of nitrogens with two attached hydrogens (primary N) is 1. The summed E-state index contributed by atoms with van der Waals surface area (Å²) in [7, 11) is 0. The maximum Gasteiger partial charge on any atom is 0.260 e. The van der Waals surface area contributed by atoms with Crippen LogP contribution in [0.4, 0.5) is 10.2 Å². The van der Waals surface area contributed by atoms with E-state index in [0.717, 1.165) is 0 Å². The van der Waals surface area contributed by atoms with Crippen molar-refractivity contribution in [2.45, 2.75) is 65.8 Å². The molecule has 1 aliphatic rings. The second-order valence-corrected chi connectivity index (χ2v) is 9.82. The van der Waals surface area contributed by atoms with Crippen LogP contribution in [0.25, 0.3) is 5.52 Å². The Hall–Kier alpha value is -2.91. The summed E-state index contributed by atoms with van der Waals surface area (Å²) in [5.41, 5.74) is 7.89. The van der Waals surface area contributed by atoms with Crippen molar-refractivity contribution in [3.05, 3.63) is 51.9 Å². The van der Waals surface area contributed by atoms with E-state index in [1.54, 1.807) is 17.3 Å². The van der Waals surface area contributed by atoms with E-state index >= 15 is 4.39 Å². The summed E-state index contributed by atoms with van der Waals surface area (Å²) in [6.07, 6.45) is 2.72. The zero-order valence-corrected chi connectivity index (χ0v) is 21.6. The van der Waals surface area contributed by atoms with Crippen molar-refractivity contribution in [3.63, 3.8) is 0 Å². The molecular formula is C25H31ClFN5O3. The number of halogens is 2. The van der Waals surface area contributed by atoms with Gasteiger partial charge in [-0.2, -0.15) is 0 Å². The molecule has 2 N–H and O–H groups in total. The van der Waals surface area contributed by atoms with Crippen LogP contribution in [0.15, 0.2) is 18.5 Å². The van der Waals surface area contributed by atoms with Gasteiger partial charge < -0.3 is 20.1 Å². The SMILES string of the molecule is Cc1nc(C(C)c2cc(Cl)c(F)c(C(=O)N3C[C@H](C)O[C@@H](C)C3)c2OC(C)C)n2ccnc(N)c12. The van der Waals surface area contributed by atoms with Crippen LogP contribution < -0.4 is 10.5 Å². The van der Waals surface area contributed by atoms with E-state index < -0.39 is 17.6 Å². The van der Waals surface area contributed by atoms with Crippen LogP contribution in [0.5, 0.6) is 5.75 Å². The number of benzene rings is 1. The Balaban J connectivity index is 1.89. The number of anilines is 1. The average Bonchev–Trinajstić information content (AvgIpc) is 3.12. The van der Waals surface area contributed by atoms with Crippen LogP contribution in [0.3, 0.4) is 0 Å². The number of ether oxygens (including phenoxy) is 2. The number of nitrogen functional groups attached to an aromatic ring is 1. The van der Waals surface area contributed by atoms with Crippen LogP contribution in [0, 0.1) is 12.7 Å². The van der Waals surface area contributed by atoms with Crippen molar-refractivity contribution < 1.29 is 18.7 Å². The number of amides is 1. The number of aryl methyl sites for hydroxylation is 1. The number of nitrogens with zero attached hydrogens (tertiary/aromatic N) is 4. The fourth-order valence-electron chi connectivity index (χ4n) is 4.72. The van der Waals surface area contributed by atoms with E-state index in [1.807, 2.05) is 45.9 Å². The van der Waals surface area contributed by atoms with Crippen LogP contribution >= 0.6 is 11.6 Å². The van der Waals surface area contributed by atoms with Crippen LogP contribution in [0.1, 0.15) is 68.0 Å². The minimum Gasteiger partial charge on any atom is -0.490 e. The molecule has 1 unspecified atom stereocenters. The summed E-state index contributed by atoms with van der Waals surface area (Å²) < 4.78 is 29.2. The first-order valence-corrected chi connectivity index (χ1v) is 12.1. The van der Waals surface area contributed by atoms with E-state index in [2.05, 4.69) is 4.98 Å². The second kappa shape index (κ2) is 9.62. The van der Waals surface area contributed by atoms with Gasteiger partial charge in [0.05, 0.1) is 29.0 Å². The van der Waals surface area contributed by atoms with Gasteiger partial charge in [-0.1, -0.05) is 18.5 Å². The monoisotopic (exact) mass is 503 g/mol. The summed E-state index contributed by atoms with van der Waals surface area (Å²) in [6, 6.07) is 1.52. The van der Waals surface area contributed by atoms with Crippen molar-refractivity contribution >= 4 is 28.8 Å². The molecule has 1 amide bonds. The highest BCUT2D eigenvalue weighted by Crippen LogP contribution is 2.40. The van der Waals surface area contributed by atoms with E-state index in [1.165, 1.54) is 6.07 Å². The first-order chi connectivity index (χ1) is 16.5. The first kappa shape index (κ1) is 25.2. The largest absolute Gasteiger partial charge is 0.490 e. The lowest BCUT2D eigenvalue weighted by atomic mass is 9.95. The molecule has 0 radical (unpaired) electrons. The lowest BCUT2D eigenvalue weighted by molar-refractivity contribution is -0.0588. The fraction of sp³-hybridized carbons (Fsp3) is 0.480. The summed E-state index contributed by atoms with van der Waals surface area (Å²) in [5, 5.41) is -0.153. The van der Waals surface area contributed by atoms with Gasteiger partial charge in [0.2, 0.25) is 0 Å². The molecule has 3 aromatic rings. The summed E-state index contributed by atoms with van der Waals surface area (Å²) in [4.78, 5) is 24.2. The second-order valence-electron chi connectivity index (χ2n) is 9.41. The molecule has 1 aliphatic heterocycles. The van der Waals surface area contributed by atoms with Gasteiger partial charge in [-0.15, -0.1) is 0 Å². The van der Waals surface area contributed by atoms with Gasteiger partial charge in [-0.25, -0.2) is 14.4 Å². The average molecular weight is 504 g/mol. The normalized spacial score (nSPS) is 19.4. The molecule has 10 heteroatoms. The van der Waals surface area contributed by atoms with Gasteiger partial charge in [0.1, 0.15) is 28.5 Å². The van der Waals surface area contributed by atoms with Crippen molar-refractivity contribution in [2.24, 2.45) is 0 Å². The Morgan fingerprint density at radius 3 is 2.57 bits per heavy atom. The third kappa shape index (κ3) is 4.67. The molecule has 1 aromatic carbocycles. The Kier molecular flexibility index (Phi) is 6.92. The number of hydrogen-bond donors (Lipinski definition) is 1. The zero-order chi connectivity index (χ0) is 25.6. The van der Waals surface area contributed by atoms with Crippen molar-refractivity contribution in [2.75, 3.05) is 18.8 Å². The lowest BCUT2D eigenvalue weighted by Crippen LogP contribution is -2.48. The first-order valence-electron chi connectivity index (χ1n) is 11.7. The maximum atomic E-state index is 15.5. The minimum absolute atomic E-state index is 0.153. The third-order valence-corrected chi connectivity index (χ3v) is 6.39. The van der Waals surface area contributed by atoms with E-state index in [0.29, 0.717) is 41.5 Å². The number of hydrogen-bond acceptors (Lipinski definition) is 6. The topological polar surface area (TPSA) is 95.0 Å². The van der Waals surface area contributed by atoms with Crippen molar-refractivity contribution in [1.82, 2.24) is 19.3 Å². The van der Waals surface area contributed by atoms with E-state index in [9.17, 15) is 4.79 Å². The number of carbonyl (C=O) groups is 1. The van der Waals surface area contributed by atoms with Crippen molar-refractivity contribution in [3.8, 4) is 5.75 Å². The zero-order valence-electron chi connectivity index (χ0n) is 20.8. The van der Waals surface area contributed by atoms with E-state index in [4.69, 9.17) is 31.8 Å². The number of carbonyl (C=O) groups excluding carboxylic acids is 1. The van der Waals surface area contributed by atoms with Gasteiger partial charge in [0.15, 0.2) is 5.82 Å². The Labute approximate surface area is 209 Å². The number of aromatic nitrogens is 3. The number of imidazole rings is 1. The highest BCUT2D eigenvalue weighted by molar-refractivity contribution is 6.31. The third-order valence-electron chi connectivity index (χ3n) is 6.11. The van der Waals surface area contributed by atoms with Gasteiger partial charge in [-0.3, -0.25) is 9.20 Å². The molecule has 3 heterocycles. The van der Waals surface area contributed by atoms with Crippen LogP contribution in [-0.4, -0.2) is 56.6 Å². The molecule has 2 aromatic heterocycles. The molecule has 1 fully saturated rings. The standard InChI is InChI=1S/C25H31ClFN5O3/c1-12(2)34-22-17(15(5)24-30-16(6)21-23(28)29-7-8-32(21)24)9-18(26)20(27)19(22)25(33)31-10-13(3)35-14(4)11-31/h7-9,12-15H,10-11H2,1-6H3,(H2,28,29)/t13-,14-,15?/m0/s1. The van der Waals surface area contributed by atoms with Crippen molar-refractivity contribution in [1.29, 1.82) is 0 Å². The molecule has 0 saturated carbocycles. The number of rotatable bonds is 5. The summed E-state index contributed by atoms with van der Waals surface area (Å²) in [5.74, 6) is -0.504. The molecule has 3 atom stereocenters. The Morgan fingerprint density at radius 2 is 1.94 bits per heavy atom.